The number of ether oxygens (including phenoxy) is 1. The molecule has 0 bridgehead atoms. The van der Waals surface area contributed by atoms with Crippen molar-refractivity contribution in [3.63, 3.8) is 0 Å². The first-order chi connectivity index (χ1) is 16.8. The lowest BCUT2D eigenvalue weighted by atomic mass is 10.00. The molecule has 9 heteroatoms. The summed E-state index contributed by atoms with van der Waals surface area (Å²) in [6, 6.07) is 15.3. The lowest BCUT2D eigenvalue weighted by Crippen LogP contribution is -2.47. The van der Waals surface area contributed by atoms with Crippen molar-refractivity contribution in [3.8, 4) is 0 Å². The Morgan fingerprint density at radius 2 is 1.80 bits per heavy atom. The molecule has 2 atom stereocenters. The van der Waals surface area contributed by atoms with Crippen LogP contribution < -0.4 is 10.6 Å². The molecule has 7 nitrogen and oxygen atoms in total. The Kier molecular flexibility index (Phi) is 7.45. The van der Waals surface area contributed by atoms with Gasteiger partial charge in [0.2, 0.25) is 5.91 Å². The molecule has 0 radical (unpaired) electrons. The van der Waals surface area contributed by atoms with Crippen LogP contribution in [-0.2, 0) is 16.1 Å². The molecule has 1 aromatic heterocycles. The lowest BCUT2D eigenvalue weighted by molar-refractivity contribution is -0.126. The summed E-state index contributed by atoms with van der Waals surface area (Å²) in [6.07, 6.45) is -1.46. The smallest absolute Gasteiger partial charge is 0.411 e. The third-order valence-corrected chi connectivity index (χ3v) is 6.41. The molecule has 0 saturated carbocycles. The van der Waals surface area contributed by atoms with E-state index in [1.807, 2.05) is 19.2 Å². The van der Waals surface area contributed by atoms with E-state index in [9.17, 15) is 18.8 Å². The van der Waals surface area contributed by atoms with Crippen LogP contribution in [0.1, 0.15) is 40.8 Å². The molecule has 2 heterocycles. The van der Waals surface area contributed by atoms with Gasteiger partial charge in [0.05, 0.1) is 11.4 Å². The Morgan fingerprint density at radius 1 is 1.09 bits per heavy atom. The Bertz CT molecular complexity index is 1180. The van der Waals surface area contributed by atoms with E-state index in [1.54, 1.807) is 48.5 Å². The van der Waals surface area contributed by atoms with Crippen LogP contribution >= 0.6 is 11.3 Å². The van der Waals surface area contributed by atoms with Gasteiger partial charge in [0.15, 0.2) is 12.1 Å². The number of thiophene rings is 1. The van der Waals surface area contributed by atoms with Crippen molar-refractivity contribution in [1.29, 1.82) is 0 Å². The number of anilines is 1. The molecule has 0 spiro atoms. The second-order valence-electron chi connectivity index (χ2n) is 8.70. The van der Waals surface area contributed by atoms with Gasteiger partial charge in [0.1, 0.15) is 5.82 Å². The molecule has 4 rings (SSSR count). The number of carbonyl (C=O) groups excluding carboxylic acids is 3. The third kappa shape index (κ3) is 5.86. The lowest BCUT2D eigenvalue weighted by Gasteiger charge is -2.24. The van der Waals surface area contributed by atoms with Gasteiger partial charge in [0.25, 0.3) is 5.91 Å². The van der Waals surface area contributed by atoms with Gasteiger partial charge in [-0.25, -0.2) is 9.18 Å². The topological polar surface area (TPSA) is 87.7 Å². The minimum Gasteiger partial charge on any atom is -0.438 e. The molecule has 1 aliphatic rings. The molecule has 2 aromatic carbocycles. The van der Waals surface area contributed by atoms with E-state index in [-0.39, 0.29) is 30.1 Å². The molecule has 2 unspecified atom stereocenters. The van der Waals surface area contributed by atoms with Crippen LogP contribution in [0.5, 0.6) is 0 Å². The maximum absolute atomic E-state index is 13.3. The quantitative estimate of drug-likeness (QED) is 0.462. The Morgan fingerprint density at radius 3 is 2.43 bits per heavy atom. The Balaban J connectivity index is 1.55. The van der Waals surface area contributed by atoms with E-state index in [0.29, 0.717) is 28.2 Å². The van der Waals surface area contributed by atoms with Crippen LogP contribution in [0.2, 0.25) is 0 Å². The first-order valence-corrected chi connectivity index (χ1v) is 12.1. The number of rotatable bonds is 8. The fourth-order valence-electron chi connectivity index (χ4n) is 3.76. The third-order valence-electron chi connectivity index (χ3n) is 5.55. The number of hydrogen-bond donors (Lipinski definition) is 2. The molecule has 2 N–H and O–H groups in total. The van der Waals surface area contributed by atoms with Crippen molar-refractivity contribution in [1.82, 2.24) is 10.2 Å². The fourth-order valence-corrected chi connectivity index (χ4v) is 4.38. The van der Waals surface area contributed by atoms with Crippen molar-refractivity contribution in [2.75, 3.05) is 11.9 Å². The Hall–Kier alpha value is -3.72. The average Bonchev–Trinajstić information content (AvgIpc) is 3.48. The number of hydrogen-bond acceptors (Lipinski definition) is 5. The molecule has 3 amide bonds. The summed E-state index contributed by atoms with van der Waals surface area (Å²) >= 11 is 1.35. The molecular formula is C26H26FN3O4S. The first-order valence-electron chi connectivity index (χ1n) is 11.3. The van der Waals surface area contributed by atoms with E-state index in [1.165, 1.54) is 28.4 Å². The number of carbonyl (C=O) groups is 3. The van der Waals surface area contributed by atoms with Crippen LogP contribution in [0.25, 0.3) is 0 Å². The minimum atomic E-state index is -0.905. The predicted molar refractivity (Wildman–Crippen MR) is 132 cm³/mol. The maximum atomic E-state index is 13.3. The monoisotopic (exact) mass is 495 g/mol. The van der Waals surface area contributed by atoms with E-state index < -0.39 is 18.2 Å². The molecule has 0 aliphatic carbocycles. The number of cyclic esters (lactones) is 1. The normalized spacial score (nSPS) is 17.4. The zero-order valence-electron chi connectivity index (χ0n) is 19.4. The number of nitrogens with zero attached hydrogens (tertiary/aromatic N) is 1. The van der Waals surface area contributed by atoms with Crippen molar-refractivity contribution in [3.05, 3.63) is 87.9 Å². The molecule has 35 heavy (non-hydrogen) atoms. The number of nitrogens with one attached hydrogen (secondary N) is 2. The first kappa shape index (κ1) is 24.4. The Labute approximate surface area is 206 Å². The van der Waals surface area contributed by atoms with Gasteiger partial charge in [-0.15, -0.1) is 11.3 Å². The summed E-state index contributed by atoms with van der Waals surface area (Å²) in [6.45, 7) is 4.51. The van der Waals surface area contributed by atoms with E-state index >= 15 is 0 Å². The average molecular weight is 496 g/mol. The summed E-state index contributed by atoms with van der Waals surface area (Å²) in [7, 11) is 0. The molecule has 1 aliphatic heterocycles. The summed E-state index contributed by atoms with van der Waals surface area (Å²) in [5.74, 6) is -0.691. The maximum Gasteiger partial charge on any atom is 0.411 e. The van der Waals surface area contributed by atoms with Crippen LogP contribution in [-0.4, -0.2) is 35.4 Å². The van der Waals surface area contributed by atoms with Gasteiger partial charge in [0, 0.05) is 12.2 Å². The second-order valence-corrected chi connectivity index (χ2v) is 9.64. The highest BCUT2D eigenvalue weighted by molar-refractivity contribution is 7.12. The predicted octanol–water partition coefficient (Wildman–Crippen LogP) is 4.97. The zero-order chi connectivity index (χ0) is 24.9. The summed E-state index contributed by atoms with van der Waals surface area (Å²) in [4.78, 5) is 40.3. The summed E-state index contributed by atoms with van der Waals surface area (Å²) in [5.41, 5.74) is 1.89. The van der Waals surface area contributed by atoms with Crippen molar-refractivity contribution >= 4 is 34.9 Å². The van der Waals surface area contributed by atoms with Gasteiger partial charge in [-0.2, -0.15) is 0 Å². The molecule has 3 aromatic rings. The van der Waals surface area contributed by atoms with Gasteiger partial charge in [-0.3, -0.25) is 14.5 Å². The number of amides is 3. The summed E-state index contributed by atoms with van der Waals surface area (Å²) in [5, 5.41) is 7.55. The second kappa shape index (κ2) is 10.7. The van der Waals surface area contributed by atoms with Crippen molar-refractivity contribution in [2.24, 2.45) is 5.92 Å². The van der Waals surface area contributed by atoms with Crippen LogP contribution in [0.15, 0.2) is 66.0 Å². The summed E-state index contributed by atoms with van der Waals surface area (Å²) < 4.78 is 19.0. The highest BCUT2D eigenvalue weighted by Crippen LogP contribution is 2.34. The van der Waals surface area contributed by atoms with Crippen LogP contribution in [0, 0.1) is 11.7 Å². The van der Waals surface area contributed by atoms with E-state index in [4.69, 9.17) is 4.74 Å². The van der Waals surface area contributed by atoms with E-state index in [0.717, 1.165) is 0 Å². The molecule has 1 saturated heterocycles. The SMILES string of the molecule is CC(C)CNC(=O)C1C(c2ccc(NC(=O)c3cccs3)cc2)OC(=O)N1Cc1ccc(F)cc1. The van der Waals surface area contributed by atoms with Gasteiger partial charge in [-0.05, 0) is 52.8 Å². The minimum absolute atomic E-state index is 0.102. The van der Waals surface area contributed by atoms with Crippen LogP contribution in [0.4, 0.5) is 14.9 Å². The van der Waals surface area contributed by atoms with Gasteiger partial charge >= 0.3 is 6.09 Å². The van der Waals surface area contributed by atoms with E-state index in [2.05, 4.69) is 10.6 Å². The number of halogens is 1. The largest absolute Gasteiger partial charge is 0.438 e. The molecule has 182 valence electrons. The van der Waals surface area contributed by atoms with Crippen molar-refractivity contribution in [2.45, 2.75) is 32.5 Å². The van der Waals surface area contributed by atoms with Gasteiger partial charge in [-0.1, -0.05) is 44.2 Å². The number of benzene rings is 2. The molecule has 1 fully saturated rings. The molecular weight excluding hydrogens is 469 g/mol. The zero-order valence-corrected chi connectivity index (χ0v) is 20.2. The standard InChI is InChI=1S/C26H26FN3O4S/c1-16(2)14-28-25(32)22-23(34-26(33)30(22)15-17-5-9-19(27)10-6-17)18-7-11-20(12-8-18)29-24(31)21-4-3-13-35-21/h3-13,16,22-23H,14-15H2,1-2H3,(H,28,32)(H,29,31). The fraction of sp³-hybridized carbons (Fsp3) is 0.269. The van der Waals surface area contributed by atoms with Crippen molar-refractivity contribution < 1.29 is 23.5 Å². The highest BCUT2D eigenvalue weighted by atomic mass is 32.1. The van der Waals surface area contributed by atoms with Crippen LogP contribution in [0.3, 0.4) is 0 Å². The van der Waals surface area contributed by atoms with Gasteiger partial charge < -0.3 is 15.4 Å². The highest BCUT2D eigenvalue weighted by Gasteiger charge is 2.46.